The molecule has 3 aromatic rings. The summed E-state index contributed by atoms with van der Waals surface area (Å²) in [5, 5.41) is 9.22. The summed E-state index contributed by atoms with van der Waals surface area (Å²) in [6.45, 7) is 1.32. The minimum Gasteiger partial charge on any atom is -0.383 e. The topological polar surface area (TPSA) is 117 Å². The molecule has 0 aliphatic carbocycles. The Morgan fingerprint density at radius 3 is 2.35 bits per heavy atom. The lowest BCUT2D eigenvalue weighted by Crippen LogP contribution is -2.39. The summed E-state index contributed by atoms with van der Waals surface area (Å²) in [7, 11) is -9.79. The lowest BCUT2D eigenvalue weighted by atomic mass is 10.2. The normalized spacial score (nSPS) is 14.0. The highest BCUT2D eigenvalue weighted by molar-refractivity contribution is 8.45. The average Bonchev–Trinajstić information content (AvgIpc) is 3.17. The molecule has 1 aromatic carbocycles. The summed E-state index contributed by atoms with van der Waals surface area (Å²) in [6, 6.07) is 2.17. The lowest BCUT2D eigenvalue weighted by molar-refractivity contribution is -0.143. The van der Waals surface area contributed by atoms with E-state index in [1.807, 2.05) is 0 Å². The van der Waals surface area contributed by atoms with Gasteiger partial charge in [-0.25, -0.2) is 4.98 Å². The second-order valence-electron chi connectivity index (χ2n) is 6.60. The molecule has 31 heavy (non-hydrogen) atoms. The van der Waals surface area contributed by atoms with Crippen LogP contribution in [0.25, 0.3) is 10.9 Å². The molecule has 2 aromatic heterocycles. The van der Waals surface area contributed by atoms with Crippen LogP contribution >= 0.6 is 10.2 Å². The fourth-order valence-electron chi connectivity index (χ4n) is 2.77. The van der Waals surface area contributed by atoms with Crippen molar-refractivity contribution in [2.75, 3.05) is 17.6 Å². The SMILES string of the molecule is CCN(Cc1ccc(S(F)(F)(F)(F)F)cc1)C(=O)C(=O)Nc1cnc(N)c2cn[nH]c12. The van der Waals surface area contributed by atoms with Crippen LogP contribution in [0, 0.1) is 0 Å². The predicted molar refractivity (Wildman–Crippen MR) is 106 cm³/mol. The number of rotatable bonds is 5. The van der Waals surface area contributed by atoms with E-state index in [1.165, 1.54) is 12.4 Å². The quantitative estimate of drug-likeness (QED) is 0.387. The van der Waals surface area contributed by atoms with Crippen LogP contribution in [0.15, 0.2) is 41.6 Å². The zero-order chi connectivity index (χ0) is 23.1. The monoisotopic (exact) mass is 464 g/mol. The number of nitrogens with two attached hydrogens (primary N) is 1. The van der Waals surface area contributed by atoms with E-state index in [0.717, 1.165) is 17.0 Å². The summed E-state index contributed by atoms with van der Waals surface area (Å²) in [6.07, 6.45) is 2.62. The Kier molecular flexibility index (Phi) is 4.88. The molecule has 168 valence electrons. The number of nitrogens with one attached hydrogen (secondary N) is 2. The number of anilines is 2. The maximum absolute atomic E-state index is 12.8. The van der Waals surface area contributed by atoms with Crippen molar-refractivity contribution < 1.29 is 29.0 Å². The fourth-order valence-corrected chi connectivity index (χ4v) is 3.42. The van der Waals surface area contributed by atoms with Gasteiger partial charge in [-0.1, -0.05) is 31.6 Å². The van der Waals surface area contributed by atoms with Crippen molar-refractivity contribution in [1.82, 2.24) is 20.1 Å². The molecular weight excluding hydrogens is 447 g/mol. The summed E-state index contributed by atoms with van der Waals surface area (Å²) < 4.78 is 64.1. The first-order valence-electron chi connectivity index (χ1n) is 8.70. The van der Waals surface area contributed by atoms with Crippen molar-refractivity contribution in [2.24, 2.45) is 0 Å². The first kappa shape index (κ1) is 22.3. The number of pyridine rings is 1. The molecule has 0 fully saturated rings. The molecule has 0 atom stereocenters. The van der Waals surface area contributed by atoms with Gasteiger partial charge < -0.3 is 16.0 Å². The summed E-state index contributed by atoms with van der Waals surface area (Å²) >= 11 is 0. The molecule has 0 aliphatic heterocycles. The van der Waals surface area contributed by atoms with Crippen LogP contribution in [0.4, 0.5) is 30.9 Å². The van der Waals surface area contributed by atoms with E-state index in [2.05, 4.69) is 20.5 Å². The van der Waals surface area contributed by atoms with Crippen molar-refractivity contribution in [3.8, 4) is 0 Å². The third kappa shape index (κ3) is 4.84. The van der Waals surface area contributed by atoms with Crippen LogP contribution in [-0.2, 0) is 16.1 Å². The molecule has 4 N–H and O–H groups in total. The zero-order valence-electron chi connectivity index (χ0n) is 15.9. The Balaban J connectivity index is 1.75. The second kappa shape index (κ2) is 6.80. The molecule has 0 bridgehead atoms. The van der Waals surface area contributed by atoms with E-state index in [4.69, 9.17) is 5.73 Å². The van der Waals surface area contributed by atoms with Crippen LogP contribution < -0.4 is 11.1 Å². The van der Waals surface area contributed by atoms with Crippen LogP contribution in [0.2, 0.25) is 0 Å². The average molecular weight is 464 g/mol. The third-order valence-corrected chi connectivity index (χ3v) is 5.53. The first-order valence-corrected chi connectivity index (χ1v) is 10.7. The highest BCUT2D eigenvalue weighted by Crippen LogP contribution is 3.02. The van der Waals surface area contributed by atoms with Gasteiger partial charge >= 0.3 is 22.0 Å². The molecule has 0 saturated heterocycles. The number of carbonyl (C=O) groups excluding carboxylic acids is 2. The van der Waals surface area contributed by atoms with Gasteiger partial charge in [0.05, 0.1) is 29.0 Å². The molecule has 2 heterocycles. The smallest absolute Gasteiger partial charge is 0.314 e. The van der Waals surface area contributed by atoms with Crippen LogP contribution in [0.1, 0.15) is 12.5 Å². The van der Waals surface area contributed by atoms with Gasteiger partial charge in [0.2, 0.25) is 0 Å². The molecule has 0 spiro atoms. The number of nitrogens with zero attached hydrogens (tertiary/aromatic N) is 3. The Labute approximate surface area is 172 Å². The number of nitrogen functional groups attached to an aromatic ring is 1. The van der Waals surface area contributed by atoms with E-state index in [0.29, 0.717) is 10.9 Å². The molecule has 8 nitrogen and oxygen atoms in total. The maximum atomic E-state index is 12.8. The number of likely N-dealkylation sites (N-methyl/N-ethyl adjacent to an activating group) is 1. The van der Waals surface area contributed by atoms with E-state index in [9.17, 15) is 29.0 Å². The van der Waals surface area contributed by atoms with Crippen molar-refractivity contribution in [2.45, 2.75) is 18.4 Å². The highest BCUT2D eigenvalue weighted by Gasteiger charge is 2.65. The van der Waals surface area contributed by atoms with Gasteiger partial charge in [-0.3, -0.25) is 14.7 Å². The second-order valence-corrected chi connectivity index (χ2v) is 9.01. The standard InChI is InChI=1S/C17H17F5N6O2S/c1-2-28(9-10-3-5-11(6-4-10)31(18,19,20,21)22)17(30)16(29)26-13-8-24-15(23)12-7-25-27-14(12)13/h3-8H,2,9H2,1H3,(H2,23,24)(H,25,27)(H,26,29). The molecule has 0 saturated carbocycles. The Morgan fingerprint density at radius 2 is 1.77 bits per heavy atom. The van der Waals surface area contributed by atoms with Crippen molar-refractivity contribution in [3.05, 3.63) is 42.2 Å². The Hall–Kier alpha value is -3.42. The summed E-state index contributed by atoms with van der Waals surface area (Å²) in [4.78, 5) is 27.8. The number of amides is 2. The summed E-state index contributed by atoms with van der Waals surface area (Å²) in [5.74, 6) is -1.85. The number of aromatic amines is 1. The minimum atomic E-state index is -9.79. The number of hydrogen-bond acceptors (Lipinski definition) is 5. The minimum absolute atomic E-state index is 0.0367. The number of carbonyl (C=O) groups is 2. The predicted octanol–water partition coefficient (Wildman–Crippen LogP) is 4.18. The number of H-pyrrole nitrogens is 1. The van der Waals surface area contributed by atoms with Gasteiger partial charge in [0.1, 0.15) is 10.7 Å². The number of hydrogen-bond donors (Lipinski definition) is 3. The van der Waals surface area contributed by atoms with Crippen molar-refractivity contribution in [3.63, 3.8) is 0 Å². The number of aromatic nitrogens is 3. The van der Waals surface area contributed by atoms with Gasteiger partial charge in [-0.2, -0.15) is 5.10 Å². The maximum Gasteiger partial charge on any atom is 0.314 e. The van der Waals surface area contributed by atoms with Gasteiger partial charge in [-0.05, 0) is 24.6 Å². The van der Waals surface area contributed by atoms with Gasteiger partial charge in [-0.15, -0.1) is 0 Å². The third-order valence-electron chi connectivity index (χ3n) is 4.37. The number of fused-ring (bicyclic) bond motifs is 1. The molecule has 3 rings (SSSR count). The molecular formula is C17H17F5N6O2S. The lowest BCUT2D eigenvalue weighted by Gasteiger charge is -2.40. The zero-order valence-corrected chi connectivity index (χ0v) is 16.7. The molecule has 2 amide bonds. The van der Waals surface area contributed by atoms with Gasteiger partial charge in [0, 0.05) is 13.1 Å². The van der Waals surface area contributed by atoms with Crippen molar-refractivity contribution in [1.29, 1.82) is 0 Å². The molecule has 0 aliphatic rings. The van der Waals surface area contributed by atoms with Gasteiger partial charge in [0.15, 0.2) is 0 Å². The fraction of sp³-hybridized carbons (Fsp3) is 0.176. The Bertz CT molecular complexity index is 1160. The van der Waals surface area contributed by atoms with Crippen LogP contribution in [0.3, 0.4) is 0 Å². The van der Waals surface area contributed by atoms with Crippen LogP contribution in [-0.4, -0.2) is 38.4 Å². The van der Waals surface area contributed by atoms with E-state index in [-0.39, 0.29) is 42.3 Å². The number of benzene rings is 1. The molecule has 0 radical (unpaired) electrons. The van der Waals surface area contributed by atoms with E-state index in [1.54, 1.807) is 6.92 Å². The molecule has 14 heteroatoms. The largest absolute Gasteiger partial charge is 0.383 e. The highest BCUT2D eigenvalue weighted by atomic mass is 32.5. The summed E-state index contributed by atoms with van der Waals surface area (Å²) in [5.41, 5.74) is 6.33. The molecule has 0 unspecified atom stereocenters. The van der Waals surface area contributed by atoms with Crippen molar-refractivity contribution >= 4 is 44.4 Å². The van der Waals surface area contributed by atoms with Crippen LogP contribution in [0.5, 0.6) is 0 Å². The Morgan fingerprint density at radius 1 is 1.13 bits per heavy atom. The van der Waals surface area contributed by atoms with E-state index < -0.39 is 26.9 Å². The van der Waals surface area contributed by atoms with E-state index >= 15 is 0 Å². The first-order chi connectivity index (χ1) is 14.2. The number of halogens is 5. The van der Waals surface area contributed by atoms with Gasteiger partial charge in [0.25, 0.3) is 0 Å².